The van der Waals surface area contributed by atoms with Crippen LogP contribution in [0.5, 0.6) is 0 Å². The highest BCUT2D eigenvalue weighted by Gasteiger charge is 1.77. The topological polar surface area (TPSA) is 12.0 Å². The van der Waals surface area contributed by atoms with Gasteiger partial charge in [-0.1, -0.05) is 19.4 Å². The molecule has 1 N–H and O–H groups in total. The van der Waals surface area contributed by atoms with Crippen LogP contribution in [0.2, 0.25) is 0 Å². The molecule has 0 amide bonds. The molecule has 0 aromatic carbocycles. The molecule has 0 aromatic heterocycles. The number of thioether (sulfide) groups is 1. The van der Waals surface area contributed by atoms with E-state index in [1.54, 1.807) is 18.0 Å². The van der Waals surface area contributed by atoms with Crippen molar-refractivity contribution in [3.8, 4) is 0 Å². The summed E-state index contributed by atoms with van der Waals surface area (Å²) in [6.07, 6.45) is 5.56. The molecule has 0 spiro atoms. The minimum atomic E-state index is 1.02. The first-order valence-corrected chi connectivity index (χ1v) is 3.77. The molecule has 46 valence electrons. The first-order valence-electron chi connectivity index (χ1n) is 2.10. The predicted molar refractivity (Wildman–Crippen MR) is 43.9 cm³/mol. The highest BCUT2D eigenvalue weighted by Crippen LogP contribution is 2.07. The smallest absolute Gasteiger partial charge is 0.00808 e. The predicted octanol–water partition coefficient (Wildman–Crippen LogP) is 1.81. The lowest BCUT2D eigenvalue weighted by Crippen LogP contribution is -1.79. The van der Waals surface area contributed by atoms with Gasteiger partial charge in [-0.3, -0.25) is 0 Å². The lowest BCUT2D eigenvalue weighted by molar-refractivity contribution is 1.44. The van der Waals surface area contributed by atoms with Crippen LogP contribution in [-0.2, 0) is 0 Å². The third-order valence-electron chi connectivity index (χ3n) is 0.606. The van der Waals surface area contributed by atoms with E-state index in [0.29, 0.717) is 0 Å². The Kier molecular flexibility index (Phi) is 5.11. The lowest BCUT2D eigenvalue weighted by atomic mass is 10.6. The third kappa shape index (κ3) is 4.15. The molecule has 0 unspecified atom stereocenters. The van der Waals surface area contributed by atoms with Crippen molar-refractivity contribution in [2.75, 3.05) is 6.26 Å². The molecule has 8 heavy (non-hydrogen) atoms. The van der Waals surface area contributed by atoms with Crippen LogP contribution in [0.3, 0.4) is 0 Å². The van der Waals surface area contributed by atoms with Gasteiger partial charge in [-0.15, -0.1) is 11.8 Å². The minimum Gasteiger partial charge on any atom is -0.339 e. The van der Waals surface area contributed by atoms with E-state index in [0.717, 1.165) is 4.91 Å². The van der Waals surface area contributed by atoms with Gasteiger partial charge >= 0.3 is 0 Å². The minimum absolute atomic E-state index is 1.02. The molecule has 0 heterocycles. The zero-order chi connectivity index (χ0) is 6.41. The lowest BCUT2D eigenvalue weighted by Gasteiger charge is -1.88. The standard InChI is InChI=1S/C5H9NS2/c1-5(8-2)3-4-6-7/h3-4,6-7H,1H2,2H3/b4-3-. The van der Waals surface area contributed by atoms with Gasteiger partial charge in [0.1, 0.15) is 0 Å². The Labute approximate surface area is 59.8 Å². The fourth-order valence-corrected chi connectivity index (χ4v) is 0.477. The maximum Gasteiger partial charge on any atom is 0.00808 e. The Morgan fingerprint density at radius 3 is 2.88 bits per heavy atom. The number of hydrogen-bond donors (Lipinski definition) is 2. The quantitative estimate of drug-likeness (QED) is 0.466. The molecule has 0 radical (unpaired) electrons. The van der Waals surface area contributed by atoms with E-state index in [9.17, 15) is 0 Å². The van der Waals surface area contributed by atoms with Crippen LogP contribution in [0.4, 0.5) is 0 Å². The summed E-state index contributed by atoms with van der Waals surface area (Å²) in [4.78, 5) is 1.02. The molecule has 0 fully saturated rings. The van der Waals surface area contributed by atoms with Gasteiger partial charge in [0, 0.05) is 11.1 Å². The van der Waals surface area contributed by atoms with Crippen LogP contribution in [0.1, 0.15) is 0 Å². The van der Waals surface area contributed by atoms with Gasteiger partial charge in [0.2, 0.25) is 0 Å². The summed E-state index contributed by atoms with van der Waals surface area (Å²) < 4.78 is 2.57. The van der Waals surface area contributed by atoms with Gasteiger partial charge in [0.15, 0.2) is 0 Å². The first kappa shape index (κ1) is 7.98. The van der Waals surface area contributed by atoms with E-state index >= 15 is 0 Å². The maximum absolute atomic E-state index is 3.75. The maximum atomic E-state index is 3.75. The van der Waals surface area contributed by atoms with Gasteiger partial charge in [-0.05, 0) is 12.3 Å². The molecule has 0 bridgehead atoms. The summed E-state index contributed by atoms with van der Waals surface area (Å²) in [5.74, 6) is 0. The fraction of sp³-hybridized carbons (Fsp3) is 0.200. The van der Waals surface area contributed by atoms with Crippen LogP contribution in [-0.4, -0.2) is 6.26 Å². The van der Waals surface area contributed by atoms with E-state index in [2.05, 4.69) is 24.1 Å². The van der Waals surface area contributed by atoms with Crippen molar-refractivity contribution in [2.24, 2.45) is 0 Å². The van der Waals surface area contributed by atoms with Crippen molar-refractivity contribution < 1.29 is 0 Å². The Balaban J connectivity index is 3.37. The second-order valence-electron chi connectivity index (χ2n) is 1.13. The number of hydrogen-bond acceptors (Lipinski definition) is 3. The summed E-state index contributed by atoms with van der Waals surface area (Å²) in [7, 11) is 0. The molecule has 0 saturated heterocycles. The monoisotopic (exact) mass is 147 g/mol. The van der Waals surface area contributed by atoms with E-state index in [1.165, 1.54) is 0 Å². The van der Waals surface area contributed by atoms with Crippen LogP contribution in [0.25, 0.3) is 0 Å². The Morgan fingerprint density at radius 1 is 1.88 bits per heavy atom. The molecular weight excluding hydrogens is 138 g/mol. The molecule has 0 aliphatic carbocycles. The first-order chi connectivity index (χ1) is 3.81. The molecule has 0 aromatic rings. The number of allylic oxidation sites excluding steroid dienone is 1. The van der Waals surface area contributed by atoms with Crippen molar-refractivity contribution in [1.29, 1.82) is 0 Å². The van der Waals surface area contributed by atoms with Gasteiger partial charge in [0.05, 0.1) is 0 Å². The SMILES string of the molecule is C=C(/C=C\NS)SC. The van der Waals surface area contributed by atoms with E-state index < -0.39 is 0 Å². The van der Waals surface area contributed by atoms with Crippen molar-refractivity contribution in [3.05, 3.63) is 23.8 Å². The van der Waals surface area contributed by atoms with Crippen molar-refractivity contribution >= 4 is 24.6 Å². The van der Waals surface area contributed by atoms with Crippen LogP contribution in [0.15, 0.2) is 23.8 Å². The summed E-state index contributed by atoms with van der Waals surface area (Å²) >= 11 is 5.36. The second kappa shape index (κ2) is 5.12. The third-order valence-corrected chi connectivity index (χ3v) is 1.42. The summed E-state index contributed by atoms with van der Waals surface area (Å²) in [6.45, 7) is 3.71. The summed E-state index contributed by atoms with van der Waals surface area (Å²) in [5, 5.41) is 0. The average molecular weight is 147 g/mol. The summed E-state index contributed by atoms with van der Waals surface area (Å²) in [6, 6.07) is 0. The van der Waals surface area contributed by atoms with Crippen molar-refractivity contribution in [3.63, 3.8) is 0 Å². The Hall–Kier alpha value is -0.0200. The van der Waals surface area contributed by atoms with E-state index in [4.69, 9.17) is 0 Å². The Bertz CT molecular complexity index is 98.6. The van der Waals surface area contributed by atoms with Crippen molar-refractivity contribution in [1.82, 2.24) is 4.72 Å². The Morgan fingerprint density at radius 2 is 2.50 bits per heavy atom. The van der Waals surface area contributed by atoms with Crippen molar-refractivity contribution in [2.45, 2.75) is 0 Å². The van der Waals surface area contributed by atoms with Crippen LogP contribution < -0.4 is 4.72 Å². The molecule has 0 saturated carbocycles. The number of rotatable bonds is 3. The molecule has 0 aliphatic rings. The van der Waals surface area contributed by atoms with E-state index in [-0.39, 0.29) is 0 Å². The average Bonchev–Trinajstić information content (AvgIpc) is 1.83. The van der Waals surface area contributed by atoms with Gasteiger partial charge < -0.3 is 4.72 Å². The van der Waals surface area contributed by atoms with Crippen LogP contribution in [0, 0.1) is 0 Å². The number of nitrogens with one attached hydrogen (secondary N) is 1. The normalized spacial score (nSPS) is 9.75. The molecule has 1 nitrogen and oxygen atoms in total. The number of thiol groups is 1. The van der Waals surface area contributed by atoms with E-state index in [1.807, 2.05) is 12.3 Å². The summed E-state index contributed by atoms with van der Waals surface area (Å²) in [5.41, 5.74) is 0. The largest absolute Gasteiger partial charge is 0.339 e. The highest BCUT2D eigenvalue weighted by atomic mass is 32.2. The molecule has 0 aliphatic heterocycles. The van der Waals surface area contributed by atoms with Gasteiger partial charge in [-0.25, -0.2) is 0 Å². The molecule has 0 rings (SSSR count). The highest BCUT2D eigenvalue weighted by molar-refractivity contribution is 8.02. The van der Waals surface area contributed by atoms with Gasteiger partial charge in [-0.2, -0.15) is 0 Å². The fourth-order valence-electron chi connectivity index (χ4n) is 0.198. The van der Waals surface area contributed by atoms with Crippen LogP contribution >= 0.6 is 24.6 Å². The zero-order valence-electron chi connectivity index (χ0n) is 4.72. The second-order valence-corrected chi connectivity index (χ2v) is 2.32. The molecule has 3 heteroatoms. The van der Waals surface area contributed by atoms with Gasteiger partial charge in [0.25, 0.3) is 0 Å². The molecular formula is C5H9NS2. The molecule has 0 atom stereocenters. The zero-order valence-corrected chi connectivity index (χ0v) is 6.43.